The van der Waals surface area contributed by atoms with Crippen LogP contribution in [-0.2, 0) is 14.3 Å². The van der Waals surface area contributed by atoms with Crippen molar-refractivity contribution in [3.63, 3.8) is 0 Å². The first-order chi connectivity index (χ1) is 11.6. The van der Waals surface area contributed by atoms with E-state index in [-0.39, 0.29) is 19.0 Å². The molecule has 0 heterocycles. The Bertz CT molecular complexity index is 398. The topological polar surface area (TPSA) is 63.6 Å². The lowest BCUT2D eigenvalue weighted by molar-refractivity contribution is -0.151. The molecule has 0 spiro atoms. The predicted octanol–water partition coefficient (Wildman–Crippen LogP) is 4.37. The molecule has 0 radical (unpaired) electrons. The second-order valence-electron chi connectivity index (χ2n) is 6.16. The van der Waals surface area contributed by atoms with Gasteiger partial charge in [0.25, 0.3) is 0 Å². The summed E-state index contributed by atoms with van der Waals surface area (Å²) in [5.74, 6) is -1.24. The van der Waals surface area contributed by atoms with E-state index in [2.05, 4.69) is 6.58 Å². The van der Waals surface area contributed by atoms with Crippen LogP contribution in [-0.4, -0.2) is 30.1 Å². The number of unbranched alkanes of at least 4 members (excludes halogenated alkanes) is 6. The third kappa shape index (κ3) is 11.2. The number of Topliss-reactive ketones (excluding diaryl/α,β-unsaturated/α-hetero) is 1. The van der Waals surface area contributed by atoms with Crippen molar-refractivity contribution in [1.29, 1.82) is 0 Å². The number of esters is 1. The Kier molecular flexibility index (Phi) is 14.2. The van der Waals surface area contributed by atoms with Crippen LogP contribution in [0.5, 0.6) is 0 Å². The van der Waals surface area contributed by atoms with Gasteiger partial charge in [-0.1, -0.05) is 43.4 Å². The fourth-order valence-corrected chi connectivity index (χ4v) is 2.45. The van der Waals surface area contributed by atoms with E-state index < -0.39 is 11.9 Å². The van der Waals surface area contributed by atoms with Crippen LogP contribution in [0.3, 0.4) is 0 Å². The zero-order chi connectivity index (χ0) is 18.2. The van der Waals surface area contributed by atoms with Gasteiger partial charge < -0.3 is 9.84 Å². The molecule has 0 aromatic heterocycles. The molecule has 0 rings (SSSR count). The van der Waals surface area contributed by atoms with Crippen LogP contribution >= 0.6 is 0 Å². The second-order valence-corrected chi connectivity index (χ2v) is 6.16. The fourth-order valence-electron chi connectivity index (χ4n) is 2.45. The minimum Gasteiger partial charge on any atom is -0.465 e. The number of ketones is 1. The number of aliphatic hydroxyl groups is 1. The molecule has 24 heavy (non-hydrogen) atoms. The number of hydrogen-bond acceptors (Lipinski definition) is 4. The van der Waals surface area contributed by atoms with Crippen molar-refractivity contribution in [3.05, 3.63) is 24.3 Å². The van der Waals surface area contributed by atoms with E-state index in [0.717, 1.165) is 31.3 Å². The van der Waals surface area contributed by atoms with E-state index in [9.17, 15) is 9.59 Å². The minimum atomic E-state index is -0.737. The van der Waals surface area contributed by atoms with Gasteiger partial charge in [0.1, 0.15) is 11.7 Å². The van der Waals surface area contributed by atoms with Crippen LogP contribution < -0.4 is 0 Å². The van der Waals surface area contributed by atoms with E-state index in [0.29, 0.717) is 12.8 Å². The zero-order valence-electron chi connectivity index (χ0n) is 15.4. The maximum absolute atomic E-state index is 12.3. The van der Waals surface area contributed by atoms with Crippen molar-refractivity contribution in [1.82, 2.24) is 0 Å². The van der Waals surface area contributed by atoms with Gasteiger partial charge in [-0.3, -0.25) is 9.59 Å². The Morgan fingerprint density at radius 3 is 2.33 bits per heavy atom. The molecule has 0 aliphatic heterocycles. The lowest BCUT2D eigenvalue weighted by atomic mass is 9.94. The molecule has 0 aromatic carbocycles. The van der Waals surface area contributed by atoms with Crippen LogP contribution in [0.25, 0.3) is 0 Å². The van der Waals surface area contributed by atoms with Crippen LogP contribution in [0, 0.1) is 5.92 Å². The Morgan fingerprint density at radius 2 is 1.75 bits per heavy atom. The summed E-state index contributed by atoms with van der Waals surface area (Å²) >= 11 is 0. The van der Waals surface area contributed by atoms with Crippen LogP contribution in [0.15, 0.2) is 24.3 Å². The molecule has 4 nitrogen and oxygen atoms in total. The molecule has 0 aromatic rings. The first-order valence-electron chi connectivity index (χ1n) is 9.13. The van der Waals surface area contributed by atoms with Gasteiger partial charge in [-0.25, -0.2) is 0 Å². The number of allylic oxidation sites excluding steroid dienone is 2. The van der Waals surface area contributed by atoms with E-state index in [1.54, 1.807) is 19.9 Å². The highest BCUT2D eigenvalue weighted by molar-refractivity contribution is 5.99. The maximum atomic E-state index is 12.3. The molecule has 0 saturated heterocycles. The van der Waals surface area contributed by atoms with Gasteiger partial charge >= 0.3 is 5.97 Å². The molecule has 1 N–H and O–H groups in total. The van der Waals surface area contributed by atoms with Gasteiger partial charge in [0, 0.05) is 6.42 Å². The zero-order valence-corrected chi connectivity index (χ0v) is 15.4. The average molecular weight is 338 g/mol. The van der Waals surface area contributed by atoms with Gasteiger partial charge in [-0.05, 0) is 39.5 Å². The highest BCUT2D eigenvalue weighted by Crippen LogP contribution is 2.16. The smallest absolute Gasteiger partial charge is 0.316 e. The van der Waals surface area contributed by atoms with Gasteiger partial charge in [0.15, 0.2) is 0 Å². The first kappa shape index (κ1) is 22.6. The minimum absolute atomic E-state index is 0.0536. The van der Waals surface area contributed by atoms with E-state index in [1.165, 1.54) is 19.3 Å². The summed E-state index contributed by atoms with van der Waals surface area (Å²) in [6.07, 6.45) is 12.0. The number of rotatable bonds is 15. The molecule has 0 saturated carbocycles. The van der Waals surface area contributed by atoms with E-state index in [4.69, 9.17) is 9.84 Å². The number of hydrogen-bond donors (Lipinski definition) is 1. The predicted molar refractivity (Wildman–Crippen MR) is 97.7 cm³/mol. The summed E-state index contributed by atoms with van der Waals surface area (Å²) in [5, 5.41) is 9.03. The quantitative estimate of drug-likeness (QED) is 0.208. The van der Waals surface area contributed by atoms with Gasteiger partial charge in [0.2, 0.25) is 0 Å². The molecule has 0 fully saturated rings. The van der Waals surface area contributed by atoms with E-state index in [1.807, 2.05) is 6.08 Å². The van der Waals surface area contributed by atoms with Gasteiger partial charge in [-0.15, -0.1) is 6.58 Å². The molecule has 138 valence electrons. The summed E-state index contributed by atoms with van der Waals surface area (Å²) in [7, 11) is 0. The molecule has 0 bridgehead atoms. The third-order valence-electron chi connectivity index (χ3n) is 3.99. The normalized spacial score (nSPS) is 12.7. The third-order valence-corrected chi connectivity index (χ3v) is 3.99. The van der Waals surface area contributed by atoms with Crippen molar-refractivity contribution < 1.29 is 19.4 Å². The Morgan fingerprint density at radius 1 is 1.12 bits per heavy atom. The van der Waals surface area contributed by atoms with Gasteiger partial charge in [0.05, 0.1) is 13.2 Å². The highest BCUT2D eigenvalue weighted by Gasteiger charge is 2.26. The number of carbonyl (C=O) groups is 2. The number of aliphatic hydroxyl groups excluding tert-OH is 1. The molecular formula is C20H34O4. The van der Waals surface area contributed by atoms with Gasteiger partial charge in [-0.2, -0.15) is 0 Å². The summed E-state index contributed by atoms with van der Waals surface area (Å²) in [6.45, 7) is 7.44. The van der Waals surface area contributed by atoms with Crippen LogP contribution in [0.1, 0.15) is 71.6 Å². The fraction of sp³-hybridized carbons (Fsp3) is 0.700. The summed E-state index contributed by atoms with van der Waals surface area (Å²) in [6, 6.07) is 0. The molecule has 0 amide bonds. The van der Waals surface area contributed by atoms with Crippen molar-refractivity contribution >= 4 is 11.8 Å². The van der Waals surface area contributed by atoms with Crippen molar-refractivity contribution in [3.8, 4) is 0 Å². The lowest BCUT2D eigenvalue weighted by Crippen LogP contribution is -2.26. The summed E-state index contributed by atoms with van der Waals surface area (Å²) in [4.78, 5) is 24.3. The average Bonchev–Trinajstić information content (AvgIpc) is 2.57. The first-order valence-corrected chi connectivity index (χ1v) is 9.13. The molecule has 4 heteroatoms. The molecule has 0 aliphatic rings. The van der Waals surface area contributed by atoms with Crippen molar-refractivity contribution in [2.24, 2.45) is 5.92 Å². The second kappa shape index (κ2) is 15.1. The summed E-state index contributed by atoms with van der Waals surface area (Å²) in [5.41, 5.74) is 0.761. The molecule has 1 atom stereocenters. The summed E-state index contributed by atoms with van der Waals surface area (Å²) < 4.78 is 5.01. The Hall–Kier alpha value is -1.42. The molecule has 0 aliphatic carbocycles. The van der Waals surface area contributed by atoms with Crippen molar-refractivity contribution in [2.45, 2.75) is 71.6 Å². The number of carbonyl (C=O) groups excluding carboxylic acids is 2. The SMILES string of the molecule is C=CCCCCCCCCC(=O)C(C/C=C(\C)CO)C(=O)OCC. The molecule has 1 unspecified atom stereocenters. The van der Waals surface area contributed by atoms with Crippen LogP contribution in [0.4, 0.5) is 0 Å². The van der Waals surface area contributed by atoms with Crippen LogP contribution in [0.2, 0.25) is 0 Å². The Balaban J connectivity index is 4.20. The van der Waals surface area contributed by atoms with E-state index >= 15 is 0 Å². The standard InChI is InChI=1S/C20H34O4/c1-4-6-7-8-9-10-11-12-13-19(22)18(20(23)24-5-2)15-14-17(3)16-21/h4,14,18,21H,1,5-13,15-16H2,2-3H3/b17-14+. The maximum Gasteiger partial charge on any atom is 0.316 e. The monoisotopic (exact) mass is 338 g/mol. The highest BCUT2D eigenvalue weighted by atomic mass is 16.5. The molecular weight excluding hydrogens is 304 g/mol. The largest absolute Gasteiger partial charge is 0.465 e. The lowest BCUT2D eigenvalue weighted by Gasteiger charge is -2.13. The van der Waals surface area contributed by atoms with Crippen molar-refractivity contribution in [2.75, 3.05) is 13.2 Å². The Labute approximate surface area is 147 Å². The number of ether oxygens (including phenoxy) is 1.